The Labute approximate surface area is 238 Å². The zero-order valence-corrected chi connectivity index (χ0v) is 23.3. The molecule has 5 rings (SSSR count). The first kappa shape index (κ1) is 28.0. The van der Waals surface area contributed by atoms with E-state index in [1.165, 1.54) is 0 Å². The third kappa shape index (κ3) is 6.13. The smallest absolute Gasteiger partial charge is 0.230 e. The van der Waals surface area contributed by atoms with Crippen LogP contribution in [0, 0.1) is 11.3 Å². The standard InChI is InChI=1S/C34H40N4O2/c35-28-34(30-12-6-2-7-13-30,31-14-8-3-9-15-31)18-22-37-20-16-33(17-21-37,29-10-4-1-5-11-29)32(39)36-19-23-38-24-26-40-27-25-38/h1-15H,16-27H2,(H,36,39). The van der Waals surface area contributed by atoms with Crippen LogP contribution in [0.2, 0.25) is 0 Å². The number of ether oxygens (including phenoxy) is 1. The molecule has 2 saturated heterocycles. The van der Waals surface area contributed by atoms with Crippen molar-refractivity contribution in [1.29, 1.82) is 5.26 Å². The van der Waals surface area contributed by atoms with Crippen LogP contribution in [0.5, 0.6) is 0 Å². The number of morpholine rings is 1. The third-order valence-corrected chi connectivity index (χ3v) is 8.81. The van der Waals surface area contributed by atoms with Gasteiger partial charge in [0, 0.05) is 32.7 Å². The van der Waals surface area contributed by atoms with Crippen LogP contribution in [0.3, 0.4) is 0 Å². The lowest BCUT2D eigenvalue weighted by atomic mass is 9.71. The average molecular weight is 537 g/mol. The van der Waals surface area contributed by atoms with Gasteiger partial charge in [-0.15, -0.1) is 0 Å². The number of likely N-dealkylation sites (tertiary alicyclic amines) is 1. The van der Waals surface area contributed by atoms with Gasteiger partial charge in [-0.05, 0) is 49.0 Å². The molecule has 2 aliphatic rings. The van der Waals surface area contributed by atoms with Gasteiger partial charge in [-0.2, -0.15) is 5.26 Å². The first-order valence-corrected chi connectivity index (χ1v) is 14.5. The first-order valence-electron chi connectivity index (χ1n) is 14.5. The minimum absolute atomic E-state index is 0.131. The molecular weight excluding hydrogens is 496 g/mol. The van der Waals surface area contributed by atoms with E-state index in [0.717, 1.165) is 82.0 Å². The molecule has 0 radical (unpaired) electrons. The molecule has 0 aliphatic carbocycles. The van der Waals surface area contributed by atoms with E-state index in [2.05, 4.69) is 57.6 Å². The molecule has 2 aliphatic heterocycles. The molecular formula is C34H40N4O2. The molecule has 0 unspecified atom stereocenters. The van der Waals surface area contributed by atoms with Gasteiger partial charge in [0.15, 0.2) is 0 Å². The highest BCUT2D eigenvalue weighted by Crippen LogP contribution is 2.38. The Balaban J connectivity index is 1.27. The molecule has 6 heteroatoms. The Morgan fingerprint density at radius 1 is 0.800 bits per heavy atom. The number of carbonyl (C=O) groups is 1. The topological polar surface area (TPSA) is 68.6 Å². The zero-order chi connectivity index (χ0) is 27.7. The van der Waals surface area contributed by atoms with E-state index >= 15 is 0 Å². The lowest BCUT2D eigenvalue weighted by Crippen LogP contribution is -2.53. The van der Waals surface area contributed by atoms with E-state index < -0.39 is 10.8 Å². The number of carbonyl (C=O) groups excluding carboxylic acids is 1. The molecule has 40 heavy (non-hydrogen) atoms. The maximum atomic E-state index is 13.8. The molecule has 0 spiro atoms. The Bertz CT molecular complexity index is 1210. The number of nitriles is 1. The fraction of sp³-hybridized carbons (Fsp3) is 0.412. The number of piperidine rings is 1. The monoisotopic (exact) mass is 536 g/mol. The van der Waals surface area contributed by atoms with Crippen LogP contribution < -0.4 is 5.32 Å². The predicted molar refractivity (Wildman–Crippen MR) is 158 cm³/mol. The van der Waals surface area contributed by atoms with Crippen molar-refractivity contribution in [2.24, 2.45) is 0 Å². The van der Waals surface area contributed by atoms with Crippen molar-refractivity contribution in [3.05, 3.63) is 108 Å². The van der Waals surface area contributed by atoms with Crippen LogP contribution in [-0.4, -0.2) is 74.7 Å². The fourth-order valence-corrected chi connectivity index (χ4v) is 6.30. The quantitative estimate of drug-likeness (QED) is 0.417. The van der Waals surface area contributed by atoms with Crippen LogP contribution >= 0.6 is 0 Å². The Morgan fingerprint density at radius 2 is 1.32 bits per heavy atom. The molecule has 0 saturated carbocycles. The van der Waals surface area contributed by atoms with Gasteiger partial charge in [-0.3, -0.25) is 9.69 Å². The third-order valence-electron chi connectivity index (χ3n) is 8.81. The minimum atomic E-state index is -0.715. The summed E-state index contributed by atoms with van der Waals surface area (Å²) >= 11 is 0. The molecule has 0 atom stereocenters. The van der Waals surface area contributed by atoms with Crippen molar-refractivity contribution in [3.8, 4) is 6.07 Å². The Morgan fingerprint density at radius 3 is 1.88 bits per heavy atom. The van der Waals surface area contributed by atoms with Gasteiger partial charge in [0.1, 0.15) is 5.41 Å². The Hall–Kier alpha value is -3.50. The van der Waals surface area contributed by atoms with Gasteiger partial charge in [0.25, 0.3) is 0 Å². The van der Waals surface area contributed by atoms with E-state index in [0.29, 0.717) is 13.0 Å². The summed E-state index contributed by atoms with van der Waals surface area (Å²) < 4.78 is 5.45. The number of nitrogens with one attached hydrogen (secondary N) is 1. The number of nitrogens with zero attached hydrogens (tertiary/aromatic N) is 3. The van der Waals surface area contributed by atoms with E-state index in [1.54, 1.807) is 0 Å². The highest BCUT2D eigenvalue weighted by molar-refractivity contribution is 5.88. The molecule has 208 valence electrons. The largest absolute Gasteiger partial charge is 0.379 e. The van der Waals surface area contributed by atoms with Gasteiger partial charge < -0.3 is 15.0 Å². The van der Waals surface area contributed by atoms with Crippen molar-refractivity contribution >= 4 is 5.91 Å². The van der Waals surface area contributed by atoms with Crippen molar-refractivity contribution < 1.29 is 9.53 Å². The average Bonchev–Trinajstić information content (AvgIpc) is 3.04. The van der Waals surface area contributed by atoms with Gasteiger partial charge in [0.2, 0.25) is 5.91 Å². The molecule has 2 fully saturated rings. The van der Waals surface area contributed by atoms with E-state index in [4.69, 9.17) is 4.74 Å². The fourth-order valence-electron chi connectivity index (χ4n) is 6.30. The molecule has 0 bridgehead atoms. The summed E-state index contributed by atoms with van der Waals surface area (Å²) in [6.07, 6.45) is 2.22. The zero-order valence-electron chi connectivity index (χ0n) is 23.3. The second-order valence-corrected chi connectivity index (χ2v) is 11.0. The highest BCUT2D eigenvalue weighted by Gasteiger charge is 2.43. The number of benzene rings is 3. The molecule has 1 N–H and O–H groups in total. The molecule has 1 amide bonds. The van der Waals surface area contributed by atoms with Crippen LogP contribution in [0.1, 0.15) is 36.0 Å². The number of rotatable bonds is 10. The van der Waals surface area contributed by atoms with Crippen molar-refractivity contribution in [1.82, 2.24) is 15.1 Å². The maximum Gasteiger partial charge on any atom is 0.230 e. The number of hydrogen-bond donors (Lipinski definition) is 1. The van der Waals surface area contributed by atoms with Crippen molar-refractivity contribution in [2.75, 3.05) is 59.0 Å². The normalized spacial score (nSPS) is 18.1. The van der Waals surface area contributed by atoms with E-state index in [1.807, 2.05) is 54.6 Å². The SMILES string of the molecule is N#CC(CCN1CCC(C(=O)NCCN2CCOCC2)(c2ccccc2)CC1)(c1ccccc1)c1ccccc1. The first-order chi connectivity index (χ1) is 19.7. The molecule has 3 aromatic carbocycles. The van der Waals surface area contributed by atoms with E-state index in [9.17, 15) is 10.1 Å². The second-order valence-electron chi connectivity index (χ2n) is 11.0. The van der Waals surface area contributed by atoms with E-state index in [-0.39, 0.29) is 5.91 Å². The number of amides is 1. The summed E-state index contributed by atoms with van der Waals surface area (Å²) in [5.41, 5.74) is 1.90. The number of hydrogen-bond acceptors (Lipinski definition) is 5. The van der Waals surface area contributed by atoms with Crippen molar-refractivity contribution in [3.63, 3.8) is 0 Å². The summed E-state index contributed by atoms with van der Waals surface area (Å²) in [4.78, 5) is 18.6. The van der Waals surface area contributed by atoms with Crippen molar-refractivity contribution in [2.45, 2.75) is 30.1 Å². The van der Waals surface area contributed by atoms with Crippen LogP contribution in [0.15, 0.2) is 91.0 Å². The highest BCUT2D eigenvalue weighted by atomic mass is 16.5. The van der Waals surface area contributed by atoms with Gasteiger partial charge in [0.05, 0.1) is 24.7 Å². The van der Waals surface area contributed by atoms with Gasteiger partial charge >= 0.3 is 0 Å². The summed E-state index contributed by atoms with van der Waals surface area (Å²) in [5.74, 6) is 0.131. The van der Waals surface area contributed by atoms with Crippen LogP contribution in [-0.2, 0) is 20.4 Å². The molecule has 0 aromatic heterocycles. The van der Waals surface area contributed by atoms with Gasteiger partial charge in [-0.1, -0.05) is 91.0 Å². The second kappa shape index (κ2) is 13.2. The molecule has 6 nitrogen and oxygen atoms in total. The molecule has 2 heterocycles. The molecule has 3 aromatic rings. The van der Waals surface area contributed by atoms with Crippen LogP contribution in [0.25, 0.3) is 0 Å². The summed E-state index contributed by atoms with van der Waals surface area (Å²) in [7, 11) is 0. The summed E-state index contributed by atoms with van der Waals surface area (Å²) in [6.45, 7) is 7.29. The van der Waals surface area contributed by atoms with Gasteiger partial charge in [-0.25, -0.2) is 0 Å². The minimum Gasteiger partial charge on any atom is -0.379 e. The Kier molecular flexibility index (Phi) is 9.28. The maximum absolute atomic E-state index is 13.8. The lowest BCUT2D eigenvalue weighted by molar-refractivity contribution is -0.128. The van der Waals surface area contributed by atoms with Crippen LogP contribution in [0.4, 0.5) is 0 Å². The predicted octanol–water partition coefficient (Wildman–Crippen LogP) is 4.37. The summed E-state index contributed by atoms with van der Waals surface area (Å²) in [6, 6.07) is 33.3. The summed E-state index contributed by atoms with van der Waals surface area (Å²) in [5, 5.41) is 13.8. The lowest BCUT2D eigenvalue weighted by Gasteiger charge is -2.42.